The molecule has 0 aliphatic carbocycles. The topological polar surface area (TPSA) is 81.1 Å². The van der Waals surface area contributed by atoms with E-state index in [0.29, 0.717) is 19.4 Å². The van der Waals surface area contributed by atoms with Crippen LogP contribution in [0.5, 0.6) is 0 Å². The van der Waals surface area contributed by atoms with Crippen molar-refractivity contribution in [2.24, 2.45) is 0 Å². The number of benzene rings is 1. The van der Waals surface area contributed by atoms with E-state index in [9.17, 15) is 13.2 Å². The molecule has 0 spiro atoms. The lowest BCUT2D eigenvalue weighted by molar-refractivity contribution is -0.118. The zero-order valence-electron chi connectivity index (χ0n) is 13.1. The first kappa shape index (κ1) is 17.2. The van der Waals surface area contributed by atoms with Gasteiger partial charge in [-0.25, -0.2) is 13.1 Å². The molecular weight excluding hydrogens is 314 g/mol. The molecule has 1 aromatic heterocycles. The average Bonchev–Trinajstić information content (AvgIpc) is 3.01. The Morgan fingerprint density at radius 1 is 1.26 bits per heavy atom. The number of nitrogens with zero attached hydrogens (tertiary/aromatic N) is 2. The summed E-state index contributed by atoms with van der Waals surface area (Å²) >= 11 is 0. The van der Waals surface area contributed by atoms with Gasteiger partial charge < -0.3 is 5.32 Å². The largest absolute Gasteiger partial charge is 0.355 e. The fraction of sp³-hybridized carbons (Fsp3) is 0.375. The molecule has 0 fully saturated rings. The van der Waals surface area contributed by atoms with Gasteiger partial charge >= 0.3 is 0 Å². The fourth-order valence-corrected chi connectivity index (χ4v) is 3.48. The maximum Gasteiger partial charge on any atom is 0.235 e. The van der Waals surface area contributed by atoms with Crippen molar-refractivity contribution in [3.63, 3.8) is 0 Å². The van der Waals surface area contributed by atoms with Gasteiger partial charge in [-0.1, -0.05) is 19.1 Å². The van der Waals surface area contributed by atoms with Crippen molar-refractivity contribution in [2.75, 3.05) is 18.1 Å². The van der Waals surface area contributed by atoms with Gasteiger partial charge in [0.05, 0.1) is 11.4 Å². The van der Waals surface area contributed by atoms with Gasteiger partial charge in [0.15, 0.2) is 9.84 Å². The molecule has 0 aliphatic heterocycles. The summed E-state index contributed by atoms with van der Waals surface area (Å²) in [6, 6.07) is 9.70. The number of amides is 1. The number of rotatable bonds is 8. The molecule has 23 heavy (non-hydrogen) atoms. The summed E-state index contributed by atoms with van der Waals surface area (Å²) < 4.78 is 24.9. The van der Waals surface area contributed by atoms with Crippen molar-refractivity contribution in [1.82, 2.24) is 15.1 Å². The Morgan fingerprint density at radius 2 is 2.00 bits per heavy atom. The summed E-state index contributed by atoms with van der Waals surface area (Å²) in [6.07, 6.45) is 4.76. The van der Waals surface area contributed by atoms with Crippen LogP contribution in [0.3, 0.4) is 0 Å². The number of sulfone groups is 1. The van der Waals surface area contributed by atoms with E-state index in [0.717, 1.165) is 11.3 Å². The molecule has 0 bridgehead atoms. The number of carbonyl (C=O) groups is 1. The fourth-order valence-electron chi connectivity index (χ4n) is 2.22. The summed E-state index contributed by atoms with van der Waals surface area (Å²) in [7, 11) is -3.28. The summed E-state index contributed by atoms with van der Waals surface area (Å²) in [5.41, 5.74) is 2.03. The second-order valence-electron chi connectivity index (χ2n) is 5.31. The minimum atomic E-state index is -3.28. The molecule has 1 aromatic carbocycles. The predicted molar refractivity (Wildman–Crippen MR) is 89.2 cm³/mol. The first-order valence-electron chi connectivity index (χ1n) is 7.56. The first-order chi connectivity index (χ1) is 11.0. The van der Waals surface area contributed by atoms with E-state index < -0.39 is 21.5 Å². The van der Waals surface area contributed by atoms with Crippen LogP contribution in [0.1, 0.15) is 18.9 Å². The Bertz CT molecular complexity index is 722. The van der Waals surface area contributed by atoms with Gasteiger partial charge in [-0.15, -0.1) is 0 Å². The summed E-state index contributed by atoms with van der Waals surface area (Å²) in [6.45, 7) is 2.20. The van der Waals surface area contributed by atoms with E-state index in [1.807, 2.05) is 36.5 Å². The second-order valence-corrected chi connectivity index (χ2v) is 7.49. The van der Waals surface area contributed by atoms with Crippen molar-refractivity contribution in [3.05, 3.63) is 48.3 Å². The molecule has 7 heteroatoms. The number of hydrogen-bond acceptors (Lipinski definition) is 4. The molecule has 0 saturated heterocycles. The highest BCUT2D eigenvalue weighted by atomic mass is 32.2. The van der Waals surface area contributed by atoms with Crippen LogP contribution < -0.4 is 5.32 Å². The molecule has 0 atom stereocenters. The van der Waals surface area contributed by atoms with Gasteiger partial charge in [-0.2, -0.15) is 5.10 Å². The van der Waals surface area contributed by atoms with E-state index >= 15 is 0 Å². The minimum absolute atomic E-state index is 0.0509. The molecule has 1 amide bonds. The lowest BCUT2D eigenvalue weighted by Crippen LogP contribution is -2.32. The summed E-state index contributed by atoms with van der Waals surface area (Å²) in [5, 5.41) is 6.81. The first-order valence-corrected chi connectivity index (χ1v) is 9.38. The average molecular weight is 335 g/mol. The third-order valence-electron chi connectivity index (χ3n) is 3.31. The van der Waals surface area contributed by atoms with Crippen LogP contribution in [0.2, 0.25) is 0 Å². The highest BCUT2D eigenvalue weighted by Gasteiger charge is 2.14. The van der Waals surface area contributed by atoms with Crippen LogP contribution in [-0.4, -0.2) is 42.2 Å². The maximum atomic E-state index is 11.6. The number of hydrogen-bond donors (Lipinski definition) is 1. The van der Waals surface area contributed by atoms with Crippen molar-refractivity contribution < 1.29 is 13.2 Å². The lowest BCUT2D eigenvalue weighted by Gasteiger charge is -2.07. The third-order valence-corrected chi connectivity index (χ3v) is 5.04. The molecule has 1 N–H and O–H groups in total. The van der Waals surface area contributed by atoms with E-state index in [1.54, 1.807) is 17.8 Å². The standard InChI is InChI=1S/C16H21N3O3S/c1-2-12-23(21,22)13-16(20)17-10-8-14-4-6-15(7-5-14)19-11-3-9-18-19/h3-7,9,11H,2,8,10,12-13H2,1H3,(H,17,20). The second kappa shape index (κ2) is 7.92. The molecule has 2 aromatic rings. The predicted octanol–water partition coefficient (Wildman–Crippen LogP) is 1.36. The molecule has 6 nitrogen and oxygen atoms in total. The van der Waals surface area contributed by atoms with Gasteiger partial charge in [0, 0.05) is 18.9 Å². The van der Waals surface area contributed by atoms with E-state index in [2.05, 4.69) is 10.4 Å². The maximum absolute atomic E-state index is 11.6. The molecule has 1 heterocycles. The van der Waals surface area contributed by atoms with Crippen LogP contribution in [0.25, 0.3) is 5.69 Å². The van der Waals surface area contributed by atoms with Crippen molar-refractivity contribution in [1.29, 1.82) is 0 Å². The Balaban J connectivity index is 1.79. The van der Waals surface area contributed by atoms with Crippen LogP contribution in [0.4, 0.5) is 0 Å². The van der Waals surface area contributed by atoms with Crippen LogP contribution >= 0.6 is 0 Å². The molecule has 2 rings (SSSR count). The molecule has 0 radical (unpaired) electrons. The van der Waals surface area contributed by atoms with Crippen LogP contribution in [-0.2, 0) is 21.1 Å². The van der Waals surface area contributed by atoms with E-state index in [-0.39, 0.29) is 5.75 Å². The SMILES string of the molecule is CCCS(=O)(=O)CC(=O)NCCc1ccc(-n2cccn2)cc1. The number of aromatic nitrogens is 2. The molecule has 0 saturated carbocycles. The van der Waals surface area contributed by atoms with Crippen LogP contribution in [0, 0.1) is 0 Å². The Kier molecular flexibility index (Phi) is 5.92. The normalized spacial score (nSPS) is 11.3. The molecule has 124 valence electrons. The Hall–Kier alpha value is -2.15. The van der Waals surface area contributed by atoms with Crippen LogP contribution in [0.15, 0.2) is 42.7 Å². The summed E-state index contributed by atoms with van der Waals surface area (Å²) in [5.74, 6) is -0.819. The zero-order chi connectivity index (χ0) is 16.7. The monoisotopic (exact) mass is 335 g/mol. The van der Waals surface area contributed by atoms with Crippen molar-refractivity contribution in [2.45, 2.75) is 19.8 Å². The quantitative estimate of drug-likeness (QED) is 0.790. The number of carbonyl (C=O) groups excluding carboxylic acids is 1. The van der Waals surface area contributed by atoms with E-state index in [1.165, 1.54) is 0 Å². The van der Waals surface area contributed by atoms with Gasteiger partial charge in [0.2, 0.25) is 5.91 Å². The highest BCUT2D eigenvalue weighted by Crippen LogP contribution is 2.08. The minimum Gasteiger partial charge on any atom is -0.355 e. The molecule has 0 aliphatic rings. The molecule has 0 unspecified atom stereocenters. The van der Waals surface area contributed by atoms with Gasteiger partial charge in [-0.05, 0) is 36.6 Å². The Labute approximate surface area is 136 Å². The smallest absolute Gasteiger partial charge is 0.235 e. The Morgan fingerprint density at radius 3 is 2.61 bits per heavy atom. The number of nitrogens with one attached hydrogen (secondary N) is 1. The lowest BCUT2D eigenvalue weighted by atomic mass is 10.1. The zero-order valence-corrected chi connectivity index (χ0v) is 13.9. The van der Waals surface area contributed by atoms with Gasteiger partial charge in [0.1, 0.15) is 5.75 Å². The highest BCUT2D eigenvalue weighted by molar-refractivity contribution is 7.92. The summed E-state index contributed by atoms with van der Waals surface area (Å²) in [4.78, 5) is 11.6. The molecular formula is C16H21N3O3S. The third kappa shape index (κ3) is 5.52. The van der Waals surface area contributed by atoms with Gasteiger partial charge in [-0.3, -0.25) is 4.79 Å². The van der Waals surface area contributed by atoms with Crippen molar-refractivity contribution in [3.8, 4) is 5.69 Å². The van der Waals surface area contributed by atoms with Crippen molar-refractivity contribution >= 4 is 15.7 Å². The van der Waals surface area contributed by atoms with E-state index in [4.69, 9.17) is 0 Å². The van der Waals surface area contributed by atoms with Gasteiger partial charge in [0.25, 0.3) is 0 Å².